The zero-order valence-corrected chi connectivity index (χ0v) is 17.8. The minimum atomic E-state index is -0.929. The van der Waals surface area contributed by atoms with E-state index in [4.69, 9.17) is 4.74 Å². The molecule has 3 heteroatoms. The van der Waals surface area contributed by atoms with E-state index in [-0.39, 0.29) is 16.4 Å². The lowest BCUT2D eigenvalue weighted by molar-refractivity contribution is 0.0696. The Kier molecular flexibility index (Phi) is 5.70. The molecule has 3 nitrogen and oxygen atoms in total. The maximum absolute atomic E-state index is 11.5. The zero-order valence-electron chi connectivity index (χ0n) is 17.8. The van der Waals surface area contributed by atoms with E-state index in [1.165, 1.54) is 11.1 Å². The van der Waals surface area contributed by atoms with Crippen molar-refractivity contribution in [2.24, 2.45) is 0 Å². The van der Waals surface area contributed by atoms with Crippen molar-refractivity contribution in [1.82, 2.24) is 0 Å². The van der Waals surface area contributed by atoms with Crippen molar-refractivity contribution in [1.29, 1.82) is 0 Å². The normalized spacial score (nSPS) is 17.0. The summed E-state index contributed by atoms with van der Waals surface area (Å²) in [5.41, 5.74) is 4.76. The average molecular weight is 391 g/mol. The lowest BCUT2D eigenvalue weighted by Crippen LogP contribution is -2.34. The standard InChI is InChI=1S/C26H30O3/c1-6-15-29-23-17-22-21(25(2,3)13-14-26(22,4)5)16-19(23)12-11-18-9-7-8-10-20(18)24(27)28/h6-12,16-17H,1,13-15H2,2-5H3,(H,27,28)/b12-11+. The van der Waals surface area contributed by atoms with Gasteiger partial charge in [0.15, 0.2) is 0 Å². The summed E-state index contributed by atoms with van der Waals surface area (Å²) in [6.45, 7) is 13.3. The van der Waals surface area contributed by atoms with Gasteiger partial charge in [-0.05, 0) is 58.6 Å². The number of benzene rings is 2. The smallest absolute Gasteiger partial charge is 0.336 e. The van der Waals surface area contributed by atoms with E-state index in [0.717, 1.165) is 24.2 Å². The summed E-state index contributed by atoms with van der Waals surface area (Å²) < 4.78 is 5.99. The van der Waals surface area contributed by atoms with Gasteiger partial charge in [-0.15, -0.1) is 0 Å². The molecule has 0 aromatic heterocycles. The van der Waals surface area contributed by atoms with Gasteiger partial charge in [0.25, 0.3) is 0 Å². The fourth-order valence-electron chi connectivity index (χ4n) is 4.03. The van der Waals surface area contributed by atoms with Crippen LogP contribution in [0.4, 0.5) is 0 Å². The van der Waals surface area contributed by atoms with Gasteiger partial charge in [-0.25, -0.2) is 4.79 Å². The van der Waals surface area contributed by atoms with Crippen molar-refractivity contribution in [2.45, 2.75) is 51.4 Å². The van der Waals surface area contributed by atoms with Gasteiger partial charge < -0.3 is 9.84 Å². The van der Waals surface area contributed by atoms with Crippen molar-refractivity contribution in [2.75, 3.05) is 6.61 Å². The topological polar surface area (TPSA) is 46.5 Å². The second kappa shape index (κ2) is 7.90. The lowest BCUT2D eigenvalue weighted by Gasteiger charge is -2.42. The minimum absolute atomic E-state index is 0.0867. The number of carboxylic acids is 1. The van der Waals surface area contributed by atoms with Crippen LogP contribution in [0.5, 0.6) is 5.75 Å². The second-order valence-electron chi connectivity index (χ2n) is 9.03. The third-order valence-electron chi connectivity index (χ3n) is 5.97. The molecule has 2 aromatic carbocycles. The van der Waals surface area contributed by atoms with Gasteiger partial charge in [0.05, 0.1) is 5.56 Å². The van der Waals surface area contributed by atoms with Crippen molar-refractivity contribution >= 4 is 18.1 Å². The molecule has 1 aliphatic rings. The Hall–Kier alpha value is -2.81. The van der Waals surface area contributed by atoms with Gasteiger partial charge in [-0.2, -0.15) is 0 Å². The average Bonchev–Trinajstić information content (AvgIpc) is 2.68. The Balaban J connectivity index is 2.13. The number of fused-ring (bicyclic) bond motifs is 1. The number of hydrogen-bond donors (Lipinski definition) is 1. The van der Waals surface area contributed by atoms with Crippen LogP contribution in [0.25, 0.3) is 12.2 Å². The van der Waals surface area contributed by atoms with E-state index in [1.54, 1.807) is 18.2 Å². The first-order valence-electron chi connectivity index (χ1n) is 10.1. The summed E-state index contributed by atoms with van der Waals surface area (Å²) in [7, 11) is 0. The summed E-state index contributed by atoms with van der Waals surface area (Å²) in [5.74, 6) is -0.125. The zero-order chi connectivity index (χ0) is 21.2. The van der Waals surface area contributed by atoms with Crippen molar-refractivity contribution in [3.63, 3.8) is 0 Å². The molecule has 1 N–H and O–H groups in total. The fourth-order valence-corrected chi connectivity index (χ4v) is 4.03. The van der Waals surface area contributed by atoms with Gasteiger partial charge in [0, 0.05) is 5.56 Å². The van der Waals surface area contributed by atoms with Gasteiger partial charge in [-0.1, -0.05) is 70.7 Å². The highest BCUT2D eigenvalue weighted by molar-refractivity contribution is 5.93. The third-order valence-corrected chi connectivity index (χ3v) is 5.97. The number of ether oxygens (including phenoxy) is 1. The highest BCUT2D eigenvalue weighted by Gasteiger charge is 2.37. The van der Waals surface area contributed by atoms with E-state index < -0.39 is 5.97 Å². The second-order valence-corrected chi connectivity index (χ2v) is 9.03. The van der Waals surface area contributed by atoms with E-state index >= 15 is 0 Å². The highest BCUT2D eigenvalue weighted by Crippen LogP contribution is 2.47. The molecule has 0 saturated heterocycles. The van der Waals surface area contributed by atoms with Crippen LogP contribution >= 0.6 is 0 Å². The van der Waals surface area contributed by atoms with Gasteiger partial charge in [0.1, 0.15) is 12.4 Å². The molecule has 0 radical (unpaired) electrons. The predicted octanol–water partition coefficient (Wildman–Crippen LogP) is 6.47. The Labute approximate surface area is 173 Å². The van der Waals surface area contributed by atoms with Crippen molar-refractivity contribution < 1.29 is 14.6 Å². The Bertz CT molecular complexity index is 964. The van der Waals surface area contributed by atoms with Crippen molar-refractivity contribution in [3.8, 4) is 5.75 Å². The molecule has 0 fully saturated rings. The molecule has 0 unspecified atom stereocenters. The maximum atomic E-state index is 11.5. The van der Waals surface area contributed by atoms with E-state index in [9.17, 15) is 9.90 Å². The molecule has 0 atom stereocenters. The van der Waals surface area contributed by atoms with Gasteiger partial charge >= 0.3 is 5.97 Å². The first-order chi connectivity index (χ1) is 13.7. The van der Waals surface area contributed by atoms with Crippen LogP contribution in [0.2, 0.25) is 0 Å². The van der Waals surface area contributed by atoms with E-state index in [2.05, 4.69) is 46.4 Å². The molecular formula is C26H30O3. The Morgan fingerprint density at radius 1 is 1.03 bits per heavy atom. The Morgan fingerprint density at radius 3 is 2.24 bits per heavy atom. The first-order valence-corrected chi connectivity index (χ1v) is 10.1. The summed E-state index contributed by atoms with van der Waals surface area (Å²) in [6.07, 6.45) is 7.81. The molecular weight excluding hydrogens is 360 g/mol. The summed E-state index contributed by atoms with van der Waals surface area (Å²) in [4.78, 5) is 11.5. The first kappa shape index (κ1) is 20.9. The molecule has 29 heavy (non-hydrogen) atoms. The minimum Gasteiger partial charge on any atom is -0.489 e. The summed E-state index contributed by atoms with van der Waals surface area (Å²) in [5, 5.41) is 9.45. The summed E-state index contributed by atoms with van der Waals surface area (Å²) in [6, 6.07) is 11.4. The number of aromatic carboxylic acids is 1. The molecule has 0 amide bonds. The molecule has 2 aromatic rings. The summed E-state index contributed by atoms with van der Waals surface area (Å²) >= 11 is 0. The highest BCUT2D eigenvalue weighted by atomic mass is 16.5. The van der Waals surface area contributed by atoms with Crippen LogP contribution in [-0.4, -0.2) is 17.7 Å². The number of hydrogen-bond acceptors (Lipinski definition) is 2. The van der Waals surface area contributed by atoms with Crippen LogP contribution in [0, 0.1) is 0 Å². The number of carboxylic acid groups (broad SMARTS) is 1. The number of carbonyl (C=O) groups is 1. The molecule has 1 aliphatic carbocycles. The Morgan fingerprint density at radius 2 is 1.62 bits per heavy atom. The van der Waals surface area contributed by atoms with Crippen molar-refractivity contribution in [3.05, 3.63) is 76.9 Å². The van der Waals surface area contributed by atoms with Crippen LogP contribution in [0.15, 0.2) is 49.1 Å². The lowest BCUT2D eigenvalue weighted by atomic mass is 9.63. The van der Waals surface area contributed by atoms with E-state index in [1.807, 2.05) is 24.3 Å². The SMILES string of the molecule is C=CCOc1cc2c(cc1/C=C/c1ccccc1C(=O)O)C(C)(C)CCC2(C)C. The number of rotatable bonds is 6. The predicted molar refractivity (Wildman–Crippen MR) is 120 cm³/mol. The quantitative estimate of drug-likeness (QED) is 0.454. The fraction of sp³-hybridized carbons (Fsp3) is 0.346. The van der Waals surface area contributed by atoms with Gasteiger partial charge in [0.2, 0.25) is 0 Å². The molecule has 152 valence electrons. The largest absolute Gasteiger partial charge is 0.489 e. The molecule has 0 bridgehead atoms. The molecule has 0 saturated carbocycles. The monoisotopic (exact) mass is 390 g/mol. The van der Waals surface area contributed by atoms with Gasteiger partial charge in [-0.3, -0.25) is 0 Å². The maximum Gasteiger partial charge on any atom is 0.336 e. The molecule has 0 heterocycles. The van der Waals surface area contributed by atoms with Crippen LogP contribution in [-0.2, 0) is 10.8 Å². The van der Waals surface area contributed by atoms with Crippen LogP contribution < -0.4 is 4.74 Å². The molecule has 3 rings (SSSR count). The molecule has 0 aliphatic heterocycles. The molecule has 0 spiro atoms. The van der Waals surface area contributed by atoms with Crippen LogP contribution in [0.3, 0.4) is 0 Å². The van der Waals surface area contributed by atoms with Crippen LogP contribution in [0.1, 0.15) is 73.1 Å². The third kappa shape index (κ3) is 4.29. The van der Waals surface area contributed by atoms with E-state index in [0.29, 0.717) is 12.2 Å².